The number of thioether (sulfide) groups is 1. The van der Waals surface area contributed by atoms with Gasteiger partial charge in [0.25, 0.3) is 5.91 Å². The van der Waals surface area contributed by atoms with Crippen molar-refractivity contribution in [1.82, 2.24) is 38.7 Å². The molecule has 0 spiro atoms. The number of benzene rings is 2. The number of carbonyl (C=O) groups excluding carboxylic acids is 5. The molecule has 1 aliphatic rings. The Kier molecular flexibility index (Phi) is 12.9. The topological polar surface area (TPSA) is 214 Å². The van der Waals surface area contributed by atoms with Crippen LogP contribution in [0.2, 0.25) is 0 Å². The molecule has 2 aromatic carbocycles. The summed E-state index contributed by atoms with van der Waals surface area (Å²) in [6.45, 7) is 8.26. The Morgan fingerprint density at radius 2 is 1.65 bits per heavy atom. The molecule has 1 fully saturated rings. The molecule has 0 saturated carbocycles. The standard InChI is InChI=1S/C38H45N11O7S/c1-5-49-29(17-24(2)44-49)35(53)43-37-42-28-20-26(34(39)52)21-30(56-16-8-9-45-12-14-46(15-13-45)38(54)55-3)32(28)47(37)10-6-7-11-48-33-27(41-36(48)40-23-51)18-25(22-50)19-31(33)57-4/h6-7,17-23H,5,8-16H2,1-4H3,(H2,39,52)(H,40,41,51)(H,42,43,53)/b7-6+. The summed E-state index contributed by atoms with van der Waals surface area (Å²) < 4.78 is 16.4. The van der Waals surface area contributed by atoms with Gasteiger partial charge in [-0.2, -0.15) is 5.10 Å². The summed E-state index contributed by atoms with van der Waals surface area (Å²) in [6.07, 6.45) is 7.29. The van der Waals surface area contributed by atoms with Crippen LogP contribution in [0.4, 0.5) is 16.7 Å². The van der Waals surface area contributed by atoms with E-state index >= 15 is 0 Å². The van der Waals surface area contributed by atoms with Crippen molar-refractivity contribution in [2.45, 2.75) is 44.8 Å². The van der Waals surface area contributed by atoms with Crippen molar-refractivity contribution in [1.29, 1.82) is 0 Å². The first-order valence-electron chi connectivity index (χ1n) is 18.4. The number of aryl methyl sites for hydroxylation is 2. The van der Waals surface area contributed by atoms with Gasteiger partial charge in [0.1, 0.15) is 23.2 Å². The molecule has 0 bridgehead atoms. The van der Waals surface area contributed by atoms with E-state index in [1.807, 2.05) is 36.8 Å². The highest BCUT2D eigenvalue weighted by molar-refractivity contribution is 7.98. The Hall–Kier alpha value is -6.21. The van der Waals surface area contributed by atoms with Gasteiger partial charge in [-0.05, 0) is 56.9 Å². The lowest BCUT2D eigenvalue weighted by atomic mass is 10.1. The lowest BCUT2D eigenvalue weighted by molar-refractivity contribution is -0.105. The van der Waals surface area contributed by atoms with E-state index in [9.17, 15) is 24.0 Å². The third-order valence-electron chi connectivity index (χ3n) is 9.55. The van der Waals surface area contributed by atoms with Crippen molar-refractivity contribution in [3.05, 3.63) is 65.0 Å². The second kappa shape index (κ2) is 18.2. The second-order valence-corrected chi connectivity index (χ2v) is 14.0. The van der Waals surface area contributed by atoms with Crippen molar-refractivity contribution in [3.63, 3.8) is 0 Å². The molecule has 300 valence electrons. The van der Waals surface area contributed by atoms with Crippen LogP contribution in [0.5, 0.6) is 5.75 Å². The number of nitrogens with one attached hydrogen (secondary N) is 2. The molecule has 0 aliphatic carbocycles. The van der Waals surface area contributed by atoms with Crippen LogP contribution < -0.4 is 21.1 Å². The average molecular weight is 800 g/mol. The summed E-state index contributed by atoms with van der Waals surface area (Å²) in [5, 5.41) is 10.0. The van der Waals surface area contributed by atoms with Crippen molar-refractivity contribution in [2.24, 2.45) is 5.73 Å². The van der Waals surface area contributed by atoms with E-state index in [0.717, 1.165) is 23.2 Å². The Balaban J connectivity index is 1.31. The van der Waals surface area contributed by atoms with Crippen LogP contribution >= 0.6 is 11.8 Å². The van der Waals surface area contributed by atoms with Gasteiger partial charge in [0.05, 0.1) is 36.0 Å². The van der Waals surface area contributed by atoms with Crippen molar-refractivity contribution < 1.29 is 33.4 Å². The molecule has 0 atom stereocenters. The maximum absolute atomic E-state index is 13.7. The summed E-state index contributed by atoms with van der Waals surface area (Å²) in [7, 11) is 1.37. The van der Waals surface area contributed by atoms with Gasteiger partial charge >= 0.3 is 6.09 Å². The normalized spacial score (nSPS) is 13.4. The monoisotopic (exact) mass is 799 g/mol. The molecule has 5 aromatic rings. The van der Waals surface area contributed by atoms with Crippen LogP contribution in [0.15, 0.2) is 47.4 Å². The number of nitrogens with two attached hydrogens (primary N) is 1. The minimum absolute atomic E-state index is 0.193. The van der Waals surface area contributed by atoms with E-state index in [1.165, 1.54) is 18.9 Å². The molecule has 0 radical (unpaired) electrons. The maximum Gasteiger partial charge on any atom is 0.409 e. The quantitative estimate of drug-likeness (QED) is 0.0531. The van der Waals surface area contributed by atoms with Gasteiger partial charge in [0.2, 0.25) is 24.2 Å². The van der Waals surface area contributed by atoms with Crippen molar-refractivity contribution in [3.8, 4) is 5.75 Å². The van der Waals surface area contributed by atoms with Crippen LogP contribution in [0, 0.1) is 6.92 Å². The molecular weight excluding hydrogens is 755 g/mol. The third-order valence-corrected chi connectivity index (χ3v) is 10.3. The highest BCUT2D eigenvalue weighted by atomic mass is 32.2. The number of carbonyl (C=O) groups is 5. The molecule has 0 unspecified atom stereocenters. The largest absolute Gasteiger partial charge is 0.491 e. The number of allylic oxidation sites excluding steroid dienone is 2. The fourth-order valence-corrected chi connectivity index (χ4v) is 7.48. The number of primary amides is 1. The number of amides is 4. The van der Waals surface area contributed by atoms with Crippen molar-refractivity contribution >= 4 is 76.3 Å². The highest BCUT2D eigenvalue weighted by Crippen LogP contribution is 2.33. The van der Waals surface area contributed by atoms with E-state index in [1.54, 1.807) is 44.5 Å². The zero-order valence-electron chi connectivity index (χ0n) is 32.2. The van der Waals surface area contributed by atoms with E-state index < -0.39 is 11.8 Å². The number of hydrogen-bond donors (Lipinski definition) is 3. The number of imidazole rings is 2. The fourth-order valence-electron chi connectivity index (χ4n) is 6.82. The molecular formula is C38H45N11O7S. The number of piperazine rings is 1. The van der Waals surface area contributed by atoms with Gasteiger partial charge in [0.15, 0.2) is 0 Å². The molecule has 1 saturated heterocycles. The first kappa shape index (κ1) is 40.5. The number of aldehydes is 1. The predicted molar refractivity (Wildman–Crippen MR) is 215 cm³/mol. The van der Waals surface area contributed by atoms with Gasteiger partial charge in [-0.15, -0.1) is 11.8 Å². The maximum atomic E-state index is 13.7. The van der Waals surface area contributed by atoms with Crippen LogP contribution in [0.1, 0.15) is 50.2 Å². The number of anilines is 2. The van der Waals surface area contributed by atoms with Gasteiger partial charge in [-0.3, -0.25) is 39.4 Å². The third kappa shape index (κ3) is 8.94. The fraction of sp³-hybridized carbons (Fsp3) is 0.368. The summed E-state index contributed by atoms with van der Waals surface area (Å²) >= 11 is 1.46. The lowest BCUT2D eigenvalue weighted by Crippen LogP contribution is -2.48. The molecule has 4 amide bonds. The average Bonchev–Trinajstić information content (AvgIpc) is 3.89. The summed E-state index contributed by atoms with van der Waals surface area (Å²) in [4.78, 5) is 75.2. The first-order valence-corrected chi connectivity index (χ1v) is 19.6. The zero-order valence-corrected chi connectivity index (χ0v) is 33.0. The number of ether oxygens (including phenoxy) is 2. The number of fused-ring (bicyclic) bond motifs is 2. The molecule has 3 aromatic heterocycles. The van der Waals surface area contributed by atoms with Crippen LogP contribution in [0.3, 0.4) is 0 Å². The first-order chi connectivity index (χ1) is 27.6. The molecule has 19 heteroatoms. The van der Waals surface area contributed by atoms with Crippen LogP contribution in [-0.2, 0) is 29.2 Å². The van der Waals surface area contributed by atoms with Gasteiger partial charge in [-0.1, -0.05) is 12.2 Å². The van der Waals surface area contributed by atoms with Gasteiger partial charge in [-0.25, -0.2) is 14.8 Å². The minimum atomic E-state index is -0.662. The van der Waals surface area contributed by atoms with Crippen LogP contribution in [-0.4, -0.2) is 122 Å². The number of aromatic nitrogens is 6. The summed E-state index contributed by atoms with van der Waals surface area (Å²) in [6, 6.07) is 8.29. The van der Waals surface area contributed by atoms with E-state index in [0.29, 0.717) is 104 Å². The van der Waals surface area contributed by atoms with Gasteiger partial charge in [0, 0.05) is 68.4 Å². The smallest absolute Gasteiger partial charge is 0.409 e. The molecule has 57 heavy (non-hydrogen) atoms. The number of methoxy groups -OCH3 is 1. The second-order valence-electron chi connectivity index (χ2n) is 13.2. The predicted octanol–water partition coefficient (Wildman–Crippen LogP) is 3.77. The zero-order chi connectivity index (χ0) is 40.6. The molecule has 18 nitrogen and oxygen atoms in total. The van der Waals surface area contributed by atoms with E-state index in [4.69, 9.17) is 20.2 Å². The molecule has 6 rings (SSSR count). The Morgan fingerprint density at radius 1 is 0.947 bits per heavy atom. The Morgan fingerprint density at radius 3 is 2.30 bits per heavy atom. The summed E-state index contributed by atoms with van der Waals surface area (Å²) in [5.74, 6) is -0.201. The van der Waals surface area contributed by atoms with E-state index in [2.05, 4.69) is 25.6 Å². The lowest BCUT2D eigenvalue weighted by Gasteiger charge is -2.33. The SMILES string of the molecule is CCn1nc(C)cc1C(=O)Nc1nc2cc(C(N)=O)cc(OCCCN3CCN(C(=O)OC)CC3)c2n1C/C=C/Cn1c(NC=O)nc2cc(C=O)cc(SC)c21. The molecule has 4 N–H and O–H groups in total. The minimum Gasteiger partial charge on any atom is -0.491 e. The van der Waals surface area contributed by atoms with Crippen LogP contribution in [0.25, 0.3) is 22.1 Å². The summed E-state index contributed by atoms with van der Waals surface area (Å²) in [5.41, 5.74) is 9.69. The van der Waals surface area contributed by atoms with E-state index in [-0.39, 0.29) is 24.1 Å². The Bertz CT molecular complexity index is 2340. The number of rotatable bonds is 17. The Labute approximate surface area is 332 Å². The highest BCUT2D eigenvalue weighted by Gasteiger charge is 2.23. The van der Waals surface area contributed by atoms with Crippen molar-refractivity contribution in [2.75, 3.05) is 63.3 Å². The number of hydrogen-bond acceptors (Lipinski definition) is 12. The molecule has 4 heterocycles. The number of nitrogens with zero attached hydrogens (tertiary/aromatic N) is 8. The molecule has 1 aliphatic heterocycles. The van der Waals surface area contributed by atoms with Gasteiger partial charge < -0.3 is 29.2 Å².